The van der Waals surface area contributed by atoms with E-state index in [2.05, 4.69) is 37.2 Å². The zero-order valence-corrected chi connectivity index (χ0v) is 25.8. The van der Waals surface area contributed by atoms with E-state index in [0.29, 0.717) is 11.4 Å². The molecule has 0 aliphatic carbocycles. The molecule has 2 N–H and O–H groups in total. The van der Waals surface area contributed by atoms with Gasteiger partial charge in [-0.05, 0) is 79.7 Å². The Balaban J connectivity index is 1.53. The smallest absolute Gasteiger partial charge is 0.264 e. The van der Waals surface area contributed by atoms with E-state index >= 15 is 0 Å². The number of hydrogen-bond acceptors (Lipinski definition) is 4. The highest BCUT2D eigenvalue weighted by molar-refractivity contribution is 9.10. The Hall–Kier alpha value is -3.18. The van der Waals surface area contributed by atoms with Crippen molar-refractivity contribution in [3.63, 3.8) is 0 Å². The lowest BCUT2D eigenvalue weighted by molar-refractivity contribution is -0.114. The number of benzene rings is 4. The second kappa shape index (κ2) is 11.4. The molecule has 0 spiro atoms. The minimum Gasteiger partial charge on any atom is -0.389 e. The van der Waals surface area contributed by atoms with Gasteiger partial charge in [0, 0.05) is 43.4 Å². The fraction of sp³-hybridized carbons (Fsp3) is 0.167. The molecule has 1 amide bonds. The van der Waals surface area contributed by atoms with Crippen LogP contribution in [0.25, 0.3) is 21.8 Å². The summed E-state index contributed by atoms with van der Waals surface area (Å²) in [6.07, 6.45) is -1.04. The fourth-order valence-electron chi connectivity index (χ4n) is 4.80. The first-order valence-corrected chi connectivity index (χ1v) is 15.6. The highest BCUT2D eigenvalue weighted by atomic mass is 79.9. The zero-order valence-electron chi connectivity index (χ0n) is 21.8. The summed E-state index contributed by atoms with van der Waals surface area (Å²) in [6.45, 7) is 3.29. The van der Waals surface area contributed by atoms with Crippen LogP contribution in [-0.4, -0.2) is 36.6 Å². The standard InChI is InChI=1S/C30H27Br2N3O4S/c1-19-3-11-26(12-4-19)40(38,39)35(24-9-7-23(8-10-24)33-20(2)36)18-25(37)17-34-29-13-5-21(31)15-27(29)28-16-22(32)6-14-30(28)34/h3-16,25,37H,17-18H2,1-2H3,(H,33,36)/t25-/m1/s1. The van der Waals surface area contributed by atoms with Crippen molar-refractivity contribution >= 4 is 81.0 Å². The van der Waals surface area contributed by atoms with Gasteiger partial charge in [-0.1, -0.05) is 49.6 Å². The second-order valence-electron chi connectivity index (χ2n) is 9.66. The van der Waals surface area contributed by atoms with Gasteiger partial charge in [-0.15, -0.1) is 0 Å². The van der Waals surface area contributed by atoms with Gasteiger partial charge in [0.05, 0.1) is 29.8 Å². The number of aryl methyl sites for hydroxylation is 1. The minimum absolute atomic E-state index is 0.128. The molecule has 7 nitrogen and oxygen atoms in total. The Morgan fingerprint density at radius 3 is 1.98 bits per heavy atom. The number of aliphatic hydroxyl groups excluding tert-OH is 1. The van der Waals surface area contributed by atoms with Gasteiger partial charge in [-0.25, -0.2) is 8.42 Å². The molecule has 5 aromatic rings. The average molecular weight is 685 g/mol. The molecule has 10 heteroatoms. The van der Waals surface area contributed by atoms with Gasteiger partial charge in [-0.2, -0.15) is 0 Å². The molecule has 1 aromatic heterocycles. The molecule has 0 fully saturated rings. The Morgan fingerprint density at radius 2 is 1.45 bits per heavy atom. The van der Waals surface area contributed by atoms with E-state index in [9.17, 15) is 18.3 Å². The molecule has 0 aliphatic heterocycles. The number of anilines is 2. The molecule has 0 radical (unpaired) electrons. The van der Waals surface area contributed by atoms with Crippen LogP contribution in [0.2, 0.25) is 0 Å². The van der Waals surface area contributed by atoms with Gasteiger partial charge in [0.15, 0.2) is 0 Å². The quantitative estimate of drug-likeness (QED) is 0.187. The number of nitrogens with one attached hydrogen (secondary N) is 1. The molecule has 0 saturated carbocycles. The summed E-state index contributed by atoms with van der Waals surface area (Å²) in [5, 5.41) is 16.1. The van der Waals surface area contributed by atoms with E-state index in [1.807, 2.05) is 47.9 Å². The molecule has 0 bridgehead atoms. The van der Waals surface area contributed by atoms with Gasteiger partial charge in [0.1, 0.15) is 0 Å². The first-order valence-electron chi connectivity index (χ1n) is 12.5. The lowest BCUT2D eigenvalue weighted by atomic mass is 10.2. The Labute approximate surface area is 249 Å². The van der Waals surface area contributed by atoms with Gasteiger partial charge in [0.2, 0.25) is 5.91 Å². The molecule has 5 rings (SSSR count). The second-order valence-corrected chi connectivity index (χ2v) is 13.4. The molecule has 40 heavy (non-hydrogen) atoms. The Bertz CT molecular complexity index is 1760. The minimum atomic E-state index is -4.01. The van der Waals surface area contributed by atoms with E-state index in [0.717, 1.165) is 36.3 Å². The Morgan fingerprint density at radius 1 is 0.900 bits per heavy atom. The van der Waals surface area contributed by atoms with Crippen LogP contribution >= 0.6 is 31.9 Å². The van der Waals surface area contributed by atoms with Crippen molar-refractivity contribution in [3.05, 3.63) is 99.4 Å². The SMILES string of the molecule is CC(=O)Nc1ccc(N(C[C@H](O)Cn2c3ccc(Br)cc3c3cc(Br)ccc32)S(=O)(=O)c2ccc(C)cc2)cc1. The van der Waals surface area contributed by atoms with Crippen molar-refractivity contribution in [1.29, 1.82) is 0 Å². The molecule has 0 saturated heterocycles. The third-order valence-electron chi connectivity index (χ3n) is 6.64. The summed E-state index contributed by atoms with van der Waals surface area (Å²) in [4.78, 5) is 11.6. The Kier molecular flexibility index (Phi) is 8.05. The van der Waals surface area contributed by atoms with E-state index in [1.54, 1.807) is 48.5 Å². The van der Waals surface area contributed by atoms with Crippen molar-refractivity contribution in [2.75, 3.05) is 16.2 Å². The predicted octanol–water partition coefficient (Wildman–Crippen LogP) is 6.84. The third-order valence-corrected chi connectivity index (χ3v) is 9.44. The van der Waals surface area contributed by atoms with Crippen molar-refractivity contribution < 1.29 is 18.3 Å². The van der Waals surface area contributed by atoms with Crippen LogP contribution in [-0.2, 0) is 21.4 Å². The molecule has 206 valence electrons. The number of amides is 1. The van der Waals surface area contributed by atoms with Crippen molar-refractivity contribution in [3.8, 4) is 0 Å². The van der Waals surface area contributed by atoms with Crippen LogP contribution in [0.4, 0.5) is 11.4 Å². The molecule has 1 atom stereocenters. The normalized spacial score (nSPS) is 12.5. The zero-order chi connectivity index (χ0) is 28.6. The lowest BCUT2D eigenvalue weighted by Crippen LogP contribution is -2.39. The highest BCUT2D eigenvalue weighted by Gasteiger charge is 2.28. The third kappa shape index (κ3) is 5.81. The predicted molar refractivity (Wildman–Crippen MR) is 167 cm³/mol. The number of carbonyl (C=O) groups excluding carboxylic acids is 1. The largest absolute Gasteiger partial charge is 0.389 e. The maximum absolute atomic E-state index is 13.9. The average Bonchev–Trinajstić information content (AvgIpc) is 3.19. The summed E-state index contributed by atoms with van der Waals surface area (Å²) >= 11 is 7.11. The molecular formula is C30H27Br2N3O4S. The molecule has 0 unspecified atom stereocenters. The van der Waals surface area contributed by atoms with E-state index in [-0.39, 0.29) is 23.9 Å². The van der Waals surface area contributed by atoms with Crippen LogP contribution < -0.4 is 9.62 Å². The first kappa shape index (κ1) is 28.4. The summed E-state index contributed by atoms with van der Waals surface area (Å²) in [5.41, 5.74) is 3.73. The van der Waals surface area contributed by atoms with Crippen LogP contribution in [0.15, 0.2) is 98.8 Å². The first-order chi connectivity index (χ1) is 19.0. The molecule has 1 heterocycles. The summed E-state index contributed by atoms with van der Waals surface area (Å²) in [6, 6.07) is 25.1. The van der Waals surface area contributed by atoms with Crippen LogP contribution in [0.5, 0.6) is 0 Å². The highest BCUT2D eigenvalue weighted by Crippen LogP contribution is 2.34. The maximum atomic E-state index is 13.9. The van der Waals surface area contributed by atoms with Crippen LogP contribution in [0.3, 0.4) is 0 Å². The number of rotatable bonds is 8. The van der Waals surface area contributed by atoms with Gasteiger partial charge >= 0.3 is 0 Å². The molecule has 0 aliphatic rings. The number of nitrogens with zero attached hydrogens (tertiary/aromatic N) is 2. The fourth-order valence-corrected chi connectivity index (χ4v) is 7.02. The number of hydrogen-bond donors (Lipinski definition) is 2. The number of aromatic nitrogens is 1. The van der Waals surface area contributed by atoms with Crippen LogP contribution in [0.1, 0.15) is 12.5 Å². The number of aliphatic hydroxyl groups is 1. The van der Waals surface area contributed by atoms with Crippen molar-refractivity contribution in [2.24, 2.45) is 0 Å². The van der Waals surface area contributed by atoms with Gasteiger partial charge < -0.3 is 15.0 Å². The number of fused-ring (bicyclic) bond motifs is 3. The topological polar surface area (TPSA) is 91.6 Å². The number of sulfonamides is 1. The van der Waals surface area contributed by atoms with Crippen LogP contribution in [0, 0.1) is 6.92 Å². The van der Waals surface area contributed by atoms with Gasteiger partial charge in [-0.3, -0.25) is 9.10 Å². The van der Waals surface area contributed by atoms with Crippen molar-refractivity contribution in [1.82, 2.24) is 4.57 Å². The van der Waals surface area contributed by atoms with E-state index in [4.69, 9.17) is 0 Å². The summed E-state index contributed by atoms with van der Waals surface area (Å²) in [5.74, 6) is -0.224. The van der Waals surface area contributed by atoms with E-state index in [1.165, 1.54) is 11.2 Å². The maximum Gasteiger partial charge on any atom is 0.264 e. The molecule has 4 aromatic carbocycles. The number of halogens is 2. The number of carbonyl (C=O) groups is 1. The summed E-state index contributed by atoms with van der Waals surface area (Å²) in [7, 11) is -4.01. The monoisotopic (exact) mass is 683 g/mol. The van der Waals surface area contributed by atoms with Crippen molar-refractivity contribution in [2.45, 2.75) is 31.4 Å². The summed E-state index contributed by atoms with van der Waals surface area (Å²) < 4.78 is 32.9. The molecular weight excluding hydrogens is 658 g/mol. The van der Waals surface area contributed by atoms with Gasteiger partial charge in [0.25, 0.3) is 10.0 Å². The van der Waals surface area contributed by atoms with E-state index < -0.39 is 16.1 Å². The lowest BCUT2D eigenvalue weighted by Gasteiger charge is -2.27.